The molecule has 0 fully saturated rings. The van der Waals surface area contributed by atoms with Crippen molar-refractivity contribution >= 4 is 45.5 Å². The zero-order chi connectivity index (χ0) is 28.0. The van der Waals surface area contributed by atoms with Crippen LogP contribution in [0, 0.1) is 0 Å². The van der Waals surface area contributed by atoms with Gasteiger partial charge in [0.15, 0.2) is 11.6 Å². The smallest absolute Gasteiger partial charge is 0.163 e. The third kappa shape index (κ3) is 6.02. The molecule has 0 aliphatic rings. The van der Waals surface area contributed by atoms with Gasteiger partial charge in [-0.1, -0.05) is 97.1 Å². The second kappa shape index (κ2) is 11.9. The molecule has 4 nitrogen and oxygen atoms in total. The van der Waals surface area contributed by atoms with Crippen molar-refractivity contribution < 1.29 is 9.59 Å². The Balaban J connectivity index is 1.15. The number of ketones is 2. The van der Waals surface area contributed by atoms with Crippen molar-refractivity contribution in [2.24, 2.45) is 0 Å². The fraction of sp³-hybridized carbons (Fsp3) is 0.0811. The van der Waals surface area contributed by atoms with E-state index in [0.717, 1.165) is 46.0 Å². The van der Waals surface area contributed by atoms with Crippen LogP contribution in [0.5, 0.6) is 0 Å². The van der Waals surface area contributed by atoms with E-state index < -0.39 is 0 Å². The third-order valence-electron chi connectivity index (χ3n) is 7.28. The lowest BCUT2D eigenvalue weighted by atomic mass is 10.1. The first kappa shape index (κ1) is 26.0. The van der Waals surface area contributed by atoms with Gasteiger partial charge >= 0.3 is 0 Å². The van der Waals surface area contributed by atoms with Gasteiger partial charge in [-0.15, -0.1) is 0 Å². The molecule has 2 aromatic heterocycles. The first-order chi connectivity index (χ1) is 20.1. The lowest BCUT2D eigenvalue weighted by Gasteiger charge is -2.05. The van der Waals surface area contributed by atoms with E-state index in [2.05, 4.69) is 70.1 Å². The minimum Gasteiger partial charge on any atom is -0.342 e. The number of hydrogen-bond acceptors (Lipinski definition) is 2. The van der Waals surface area contributed by atoms with E-state index in [9.17, 15) is 9.59 Å². The number of nitrogens with zero attached hydrogens (tertiary/aromatic N) is 2. The molecule has 4 heteroatoms. The van der Waals surface area contributed by atoms with Crippen molar-refractivity contribution in [3.63, 3.8) is 0 Å². The third-order valence-corrected chi connectivity index (χ3v) is 7.28. The molecule has 0 unspecified atom stereocenters. The molecule has 0 aliphatic carbocycles. The number of aromatic nitrogens is 2. The minimum atomic E-state index is -0.217. The molecule has 0 spiro atoms. The number of rotatable bonds is 10. The zero-order valence-electron chi connectivity index (χ0n) is 22.7. The maximum Gasteiger partial charge on any atom is 0.163 e. The van der Waals surface area contributed by atoms with Crippen molar-refractivity contribution in [3.8, 4) is 0 Å². The molecule has 0 saturated carbocycles. The van der Waals surface area contributed by atoms with E-state index >= 15 is 0 Å². The standard InChI is InChI=1S/C37H30N2O2/c40-32(21-19-30-26-38(24-28-11-3-1-4-12-28)36-17-9-7-15-34(30)36)23-33(41)22-20-31-27-39(25-29-13-5-2-6-14-29)37-18-10-8-16-35(31)37/h1-22,26-27H,23-25H2. The zero-order valence-corrected chi connectivity index (χ0v) is 22.7. The van der Waals surface area contributed by atoms with Crippen LogP contribution in [0.4, 0.5) is 0 Å². The van der Waals surface area contributed by atoms with Gasteiger partial charge in [0.1, 0.15) is 0 Å². The first-order valence-corrected chi connectivity index (χ1v) is 13.8. The van der Waals surface area contributed by atoms with Crippen molar-refractivity contribution in [2.45, 2.75) is 19.5 Å². The van der Waals surface area contributed by atoms with Gasteiger partial charge in [0, 0.05) is 58.4 Å². The summed E-state index contributed by atoms with van der Waals surface area (Å²) in [6, 6.07) is 36.9. The van der Waals surface area contributed by atoms with Gasteiger partial charge in [-0.3, -0.25) is 9.59 Å². The molecular formula is C37H30N2O2. The Kier molecular flexibility index (Phi) is 7.55. The summed E-state index contributed by atoms with van der Waals surface area (Å²) in [5, 5.41) is 2.15. The monoisotopic (exact) mass is 534 g/mol. The molecular weight excluding hydrogens is 504 g/mol. The molecule has 2 heterocycles. The molecule has 6 rings (SSSR count). The SMILES string of the molecule is O=C(C=Cc1cn(Cc2ccccc2)c2ccccc12)CC(=O)C=Cc1cn(Cc2ccccc2)c2ccccc12. The molecule has 0 amide bonds. The summed E-state index contributed by atoms with van der Waals surface area (Å²) in [5.41, 5.74) is 6.54. The maximum atomic E-state index is 12.7. The number of fused-ring (bicyclic) bond motifs is 2. The molecule has 0 saturated heterocycles. The number of para-hydroxylation sites is 2. The number of allylic oxidation sites excluding steroid dienone is 2. The van der Waals surface area contributed by atoms with Crippen LogP contribution in [-0.4, -0.2) is 20.7 Å². The second-order valence-corrected chi connectivity index (χ2v) is 10.2. The Morgan fingerprint density at radius 1 is 0.512 bits per heavy atom. The summed E-state index contributed by atoms with van der Waals surface area (Å²) in [6.07, 6.45) is 10.6. The Hall–Kier alpha value is -5.22. The summed E-state index contributed by atoms with van der Waals surface area (Å²) in [7, 11) is 0. The van der Waals surface area contributed by atoms with Crippen LogP contribution < -0.4 is 0 Å². The van der Waals surface area contributed by atoms with Gasteiger partial charge in [0.25, 0.3) is 0 Å². The first-order valence-electron chi connectivity index (χ1n) is 13.8. The quantitative estimate of drug-likeness (QED) is 0.132. The van der Waals surface area contributed by atoms with Crippen LogP contribution in [0.3, 0.4) is 0 Å². The highest BCUT2D eigenvalue weighted by molar-refractivity contribution is 6.11. The Morgan fingerprint density at radius 3 is 1.34 bits per heavy atom. The van der Waals surface area contributed by atoms with Crippen molar-refractivity contribution in [1.29, 1.82) is 0 Å². The van der Waals surface area contributed by atoms with Crippen LogP contribution in [-0.2, 0) is 22.7 Å². The number of carbonyl (C=O) groups excluding carboxylic acids is 2. The fourth-order valence-corrected chi connectivity index (χ4v) is 5.29. The van der Waals surface area contributed by atoms with Gasteiger partial charge in [-0.2, -0.15) is 0 Å². The fourth-order valence-electron chi connectivity index (χ4n) is 5.29. The van der Waals surface area contributed by atoms with Gasteiger partial charge in [0.2, 0.25) is 0 Å². The Morgan fingerprint density at radius 2 is 0.902 bits per heavy atom. The molecule has 0 aliphatic heterocycles. The van der Waals surface area contributed by atoms with E-state index in [0.29, 0.717) is 0 Å². The molecule has 0 radical (unpaired) electrons. The number of benzene rings is 4. The van der Waals surface area contributed by atoms with Crippen molar-refractivity contribution in [2.75, 3.05) is 0 Å². The summed E-state index contributed by atoms with van der Waals surface area (Å²) in [6.45, 7) is 1.49. The Labute approximate surface area is 239 Å². The number of hydrogen-bond donors (Lipinski definition) is 0. The molecule has 0 bridgehead atoms. The normalized spacial score (nSPS) is 11.7. The lowest BCUT2D eigenvalue weighted by Crippen LogP contribution is -2.01. The van der Waals surface area contributed by atoms with Gasteiger partial charge < -0.3 is 9.13 Å². The van der Waals surface area contributed by atoms with E-state index in [1.54, 1.807) is 0 Å². The predicted molar refractivity (Wildman–Crippen MR) is 168 cm³/mol. The highest BCUT2D eigenvalue weighted by Crippen LogP contribution is 2.25. The van der Waals surface area contributed by atoms with Crippen LogP contribution in [0.1, 0.15) is 28.7 Å². The van der Waals surface area contributed by atoms with Crippen LogP contribution in [0.25, 0.3) is 34.0 Å². The van der Waals surface area contributed by atoms with E-state index in [-0.39, 0.29) is 18.0 Å². The highest BCUT2D eigenvalue weighted by Gasteiger charge is 2.10. The van der Waals surface area contributed by atoms with Crippen molar-refractivity contribution in [3.05, 3.63) is 156 Å². The Bertz CT molecular complexity index is 1750. The van der Waals surface area contributed by atoms with Gasteiger partial charge in [-0.25, -0.2) is 0 Å². The molecule has 4 aromatic carbocycles. The predicted octanol–water partition coefficient (Wildman–Crippen LogP) is 7.95. The topological polar surface area (TPSA) is 44.0 Å². The maximum absolute atomic E-state index is 12.7. The van der Waals surface area contributed by atoms with Crippen molar-refractivity contribution in [1.82, 2.24) is 9.13 Å². The molecule has 0 atom stereocenters. The van der Waals surface area contributed by atoms with E-state index in [1.165, 1.54) is 23.3 Å². The number of carbonyl (C=O) groups is 2. The molecule has 200 valence electrons. The summed E-state index contributed by atoms with van der Waals surface area (Å²) >= 11 is 0. The minimum absolute atomic E-state index is 0.168. The molecule has 0 N–H and O–H groups in total. The molecule has 41 heavy (non-hydrogen) atoms. The summed E-state index contributed by atoms with van der Waals surface area (Å²) in [4.78, 5) is 25.5. The average molecular weight is 535 g/mol. The van der Waals surface area contributed by atoms with Gasteiger partial charge in [-0.05, 0) is 47.6 Å². The van der Waals surface area contributed by atoms with Gasteiger partial charge in [0.05, 0.1) is 6.42 Å². The van der Waals surface area contributed by atoms with E-state index in [1.807, 2.05) is 72.8 Å². The van der Waals surface area contributed by atoms with E-state index in [4.69, 9.17) is 0 Å². The highest BCUT2D eigenvalue weighted by atomic mass is 16.1. The van der Waals surface area contributed by atoms with Crippen LogP contribution in [0.15, 0.2) is 134 Å². The second-order valence-electron chi connectivity index (χ2n) is 10.2. The average Bonchev–Trinajstić information content (AvgIpc) is 3.54. The molecule has 6 aromatic rings. The summed E-state index contributed by atoms with van der Waals surface area (Å²) < 4.78 is 4.38. The largest absolute Gasteiger partial charge is 0.342 e. The lowest BCUT2D eigenvalue weighted by molar-refractivity contribution is -0.121. The van der Waals surface area contributed by atoms with Crippen LogP contribution >= 0.6 is 0 Å². The van der Waals surface area contributed by atoms with Crippen LogP contribution in [0.2, 0.25) is 0 Å². The summed E-state index contributed by atoms with van der Waals surface area (Å²) in [5.74, 6) is -0.433.